The molecule has 0 bridgehead atoms. The van der Waals surface area contributed by atoms with Crippen molar-refractivity contribution in [3.8, 4) is 0 Å². The van der Waals surface area contributed by atoms with Crippen molar-refractivity contribution in [1.82, 2.24) is 14.9 Å². The maximum atomic E-state index is 12.6. The number of nitrogens with one attached hydrogen (secondary N) is 2. The first kappa shape index (κ1) is 24.2. The van der Waals surface area contributed by atoms with E-state index in [1.54, 1.807) is 13.0 Å². The molecule has 0 radical (unpaired) electrons. The second-order valence-corrected chi connectivity index (χ2v) is 10.3. The van der Waals surface area contributed by atoms with E-state index in [-0.39, 0.29) is 10.8 Å². The Kier molecular flexibility index (Phi) is 7.92. The number of benzene rings is 2. The summed E-state index contributed by atoms with van der Waals surface area (Å²) in [4.78, 5) is 17.6. The highest BCUT2D eigenvalue weighted by Crippen LogP contribution is 2.21. The zero-order valence-corrected chi connectivity index (χ0v) is 20.3. The molecule has 2 aromatic rings. The van der Waals surface area contributed by atoms with Gasteiger partial charge in [-0.2, -0.15) is 0 Å². The Balaban J connectivity index is 1.47. The van der Waals surface area contributed by atoms with Gasteiger partial charge < -0.3 is 10.2 Å². The zero-order chi connectivity index (χ0) is 23.3. The quantitative estimate of drug-likeness (QED) is 0.594. The van der Waals surface area contributed by atoms with E-state index in [1.165, 1.54) is 24.4 Å². The number of anilines is 1. The summed E-state index contributed by atoms with van der Waals surface area (Å²) in [5, 5.41) is 2.93. The van der Waals surface area contributed by atoms with E-state index in [2.05, 4.69) is 51.0 Å². The van der Waals surface area contributed by atoms with Gasteiger partial charge in [-0.1, -0.05) is 12.1 Å². The van der Waals surface area contributed by atoms with Crippen molar-refractivity contribution >= 4 is 21.6 Å². The Morgan fingerprint density at radius 2 is 1.75 bits per heavy atom. The van der Waals surface area contributed by atoms with Gasteiger partial charge in [0, 0.05) is 44.0 Å². The molecule has 1 aliphatic heterocycles. The topological polar surface area (TPSA) is 81.7 Å². The van der Waals surface area contributed by atoms with Crippen LogP contribution in [0.4, 0.5) is 5.69 Å². The van der Waals surface area contributed by atoms with Crippen molar-refractivity contribution in [2.75, 3.05) is 51.2 Å². The number of rotatable bonds is 8. The van der Waals surface area contributed by atoms with Crippen molar-refractivity contribution in [3.63, 3.8) is 0 Å². The van der Waals surface area contributed by atoms with E-state index in [9.17, 15) is 13.2 Å². The van der Waals surface area contributed by atoms with E-state index < -0.39 is 10.0 Å². The van der Waals surface area contributed by atoms with Gasteiger partial charge in [-0.05, 0) is 81.7 Å². The van der Waals surface area contributed by atoms with Gasteiger partial charge in [0.05, 0.1) is 4.90 Å². The summed E-state index contributed by atoms with van der Waals surface area (Å²) in [6.45, 7) is 11.2. The molecule has 0 aliphatic carbocycles. The molecule has 174 valence electrons. The second-order valence-electron chi connectivity index (χ2n) is 8.40. The lowest BCUT2D eigenvalue weighted by molar-refractivity contribution is 0.0951. The molecular formula is C24H34N4O3S. The number of carbonyl (C=O) groups is 1. The van der Waals surface area contributed by atoms with Crippen LogP contribution in [0.3, 0.4) is 0 Å². The van der Waals surface area contributed by atoms with E-state index in [0.29, 0.717) is 17.7 Å². The highest BCUT2D eigenvalue weighted by Gasteiger charge is 2.20. The van der Waals surface area contributed by atoms with Crippen LogP contribution in [-0.2, 0) is 10.0 Å². The van der Waals surface area contributed by atoms with Crippen LogP contribution in [0.5, 0.6) is 0 Å². The summed E-state index contributed by atoms with van der Waals surface area (Å²) < 4.78 is 26.9. The molecule has 2 N–H and O–H groups in total. The summed E-state index contributed by atoms with van der Waals surface area (Å²) in [7, 11) is -2.24. The van der Waals surface area contributed by atoms with Crippen molar-refractivity contribution < 1.29 is 13.2 Å². The molecule has 32 heavy (non-hydrogen) atoms. The maximum absolute atomic E-state index is 12.6. The predicted molar refractivity (Wildman–Crippen MR) is 129 cm³/mol. The Bertz CT molecular complexity index is 1060. The molecule has 1 amide bonds. The van der Waals surface area contributed by atoms with Gasteiger partial charge >= 0.3 is 0 Å². The van der Waals surface area contributed by atoms with Gasteiger partial charge in [0.15, 0.2) is 0 Å². The number of amides is 1. The molecule has 0 aromatic heterocycles. The maximum Gasteiger partial charge on any atom is 0.251 e. The van der Waals surface area contributed by atoms with Gasteiger partial charge in [-0.3, -0.25) is 9.69 Å². The zero-order valence-electron chi connectivity index (χ0n) is 19.4. The van der Waals surface area contributed by atoms with Gasteiger partial charge in [-0.15, -0.1) is 0 Å². The molecule has 0 saturated carbocycles. The van der Waals surface area contributed by atoms with Crippen LogP contribution in [0.25, 0.3) is 0 Å². The lowest BCUT2D eigenvalue weighted by Crippen LogP contribution is -2.47. The first-order chi connectivity index (χ1) is 15.2. The molecule has 1 fully saturated rings. The third kappa shape index (κ3) is 5.88. The normalized spacial score (nSPS) is 15.1. The summed E-state index contributed by atoms with van der Waals surface area (Å²) in [6.07, 6.45) is 0.850. The van der Waals surface area contributed by atoms with Gasteiger partial charge in [0.1, 0.15) is 0 Å². The highest BCUT2D eigenvalue weighted by molar-refractivity contribution is 7.89. The fourth-order valence-electron chi connectivity index (χ4n) is 4.01. The monoisotopic (exact) mass is 458 g/mol. The molecular weight excluding hydrogens is 424 g/mol. The van der Waals surface area contributed by atoms with Crippen LogP contribution >= 0.6 is 0 Å². The minimum Gasteiger partial charge on any atom is -0.369 e. The van der Waals surface area contributed by atoms with Gasteiger partial charge in [0.25, 0.3) is 5.91 Å². The number of hydrogen-bond acceptors (Lipinski definition) is 5. The Morgan fingerprint density at radius 1 is 1.03 bits per heavy atom. The van der Waals surface area contributed by atoms with Crippen molar-refractivity contribution in [2.45, 2.75) is 32.1 Å². The molecule has 0 unspecified atom stereocenters. The fraction of sp³-hybridized carbons (Fsp3) is 0.458. The third-order valence-electron chi connectivity index (χ3n) is 6.12. The molecule has 0 atom stereocenters. The van der Waals surface area contributed by atoms with E-state index in [1.807, 2.05) is 6.92 Å². The fourth-order valence-corrected chi connectivity index (χ4v) is 5.07. The van der Waals surface area contributed by atoms with E-state index in [0.717, 1.165) is 44.7 Å². The molecule has 1 heterocycles. The molecule has 1 aliphatic rings. The summed E-state index contributed by atoms with van der Waals surface area (Å²) in [5.41, 5.74) is 4.36. The predicted octanol–water partition coefficient (Wildman–Crippen LogP) is 2.46. The van der Waals surface area contributed by atoms with Crippen LogP contribution < -0.4 is 14.9 Å². The molecule has 2 aromatic carbocycles. The molecule has 0 spiro atoms. The lowest BCUT2D eigenvalue weighted by Gasteiger charge is -2.36. The average Bonchev–Trinajstić information content (AvgIpc) is 2.78. The first-order valence-electron chi connectivity index (χ1n) is 11.1. The van der Waals surface area contributed by atoms with Crippen LogP contribution in [0.1, 0.15) is 33.5 Å². The largest absolute Gasteiger partial charge is 0.369 e. The Hall–Kier alpha value is -2.42. The summed E-state index contributed by atoms with van der Waals surface area (Å²) in [5.74, 6) is -0.245. The second kappa shape index (κ2) is 10.5. The number of nitrogens with zero attached hydrogens (tertiary/aromatic N) is 2. The Labute approximate surface area is 191 Å². The highest BCUT2D eigenvalue weighted by atomic mass is 32.2. The smallest absolute Gasteiger partial charge is 0.251 e. The van der Waals surface area contributed by atoms with E-state index >= 15 is 0 Å². The average molecular weight is 459 g/mol. The molecule has 1 saturated heterocycles. The van der Waals surface area contributed by atoms with Crippen molar-refractivity contribution in [3.05, 3.63) is 58.7 Å². The van der Waals surface area contributed by atoms with E-state index in [4.69, 9.17) is 0 Å². The van der Waals surface area contributed by atoms with Crippen LogP contribution in [-0.4, -0.2) is 65.5 Å². The minimum atomic E-state index is -3.61. The molecule has 3 rings (SSSR count). The van der Waals surface area contributed by atoms with Crippen LogP contribution in [0.2, 0.25) is 0 Å². The number of aryl methyl sites for hydroxylation is 2. The number of carbonyl (C=O) groups excluding carboxylic acids is 1. The summed E-state index contributed by atoms with van der Waals surface area (Å²) in [6, 6.07) is 11.8. The van der Waals surface area contributed by atoms with Crippen LogP contribution in [0.15, 0.2) is 41.3 Å². The SMILES string of the molecule is CNS(=O)(=O)c1cc(C(=O)NCCCN2CCN(c3cccc(C)c3)CC2)cc(C)c1C. The number of sulfonamides is 1. The number of piperazine rings is 1. The van der Waals surface area contributed by atoms with Crippen molar-refractivity contribution in [2.24, 2.45) is 0 Å². The Morgan fingerprint density at radius 3 is 2.41 bits per heavy atom. The van der Waals surface area contributed by atoms with Gasteiger partial charge in [-0.25, -0.2) is 13.1 Å². The van der Waals surface area contributed by atoms with Gasteiger partial charge in [0.2, 0.25) is 10.0 Å². The summed E-state index contributed by atoms with van der Waals surface area (Å²) >= 11 is 0. The molecule has 7 nitrogen and oxygen atoms in total. The van der Waals surface area contributed by atoms with Crippen LogP contribution in [0, 0.1) is 20.8 Å². The third-order valence-corrected chi connectivity index (χ3v) is 7.66. The lowest BCUT2D eigenvalue weighted by atomic mass is 10.1. The van der Waals surface area contributed by atoms with Crippen molar-refractivity contribution in [1.29, 1.82) is 0 Å². The first-order valence-corrected chi connectivity index (χ1v) is 12.6. The number of hydrogen-bond donors (Lipinski definition) is 2. The standard InChI is InChI=1S/C24H34N4O3S/c1-18-7-5-8-22(15-18)28-13-11-27(12-14-28)10-6-9-26-24(29)21-16-19(2)20(3)23(17-21)32(30,31)25-4/h5,7-8,15-17,25H,6,9-14H2,1-4H3,(H,26,29). The minimum absolute atomic E-state index is 0.150. The molecule has 8 heteroatoms.